The highest BCUT2D eigenvalue weighted by Crippen LogP contribution is 2.37. The number of rotatable bonds is 1. The standard InChI is InChI=1S/C22H10Cl2N2O2/c23-20-9-18-14(10-25-20)12-6-5-11(7-17(12)28-18)15-8-19-21(22(24)26-15)13-3-1-2-4-16(13)27-19/h1-10H. The van der Waals surface area contributed by atoms with Gasteiger partial charge in [0.2, 0.25) is 0 Å². The number of para-hydroxylation sites is 1. The highest BCUT2D eigenvalue weighted by molar-refractivity contribution is 6.36. The third-order valence-electron chi connectivity index (χ3n) is 4.94. The van der Waals surface area contributed by atoms with E-state index in [1.807, 2.05) is 48.5 Å². The highest BCUT2D eigenvalue weighted by atomic mass is 35.5. The third kappa shape index (κ3) is 2.25. The summed E-state index contributed by atoms with van der Waals surface area (Å²) in [6.07, 6.45) is 1.72. The first-order valence-electron chi connectivity index (χ1n) is 8.63. The summed E-state index contributed by atoms with van der Waals surface area (Å²) in [5.74, 6) is 0. The van der Waals surface area contributed by atoms with Gasteiger partial charge in [0.05, 0.1) is 11.1 Å². The van der Waals surface area contributed by atoms with E-state index in [2.05, 4.69) is 9.97 Å². The molecule has 6 aromatic rings. The van der Waals surface area contributed by atoms with Crippen LogP contribution in [-0.2, 0) is 0 Å². The van der Waals surface area contributed by atoms with Gasteiger partial charge in [-0.25, -0.2) is 9.97 Å². The fourth-order valence-electron chi connectivity index (χ4n) is 3.65. The van der Waals surface area contributed by atoms with Crippen LogP contribution in [0, 0.1) is 0 Å². The molecule has 4 nitrogen and oxygen atoms in total. The van der Waals surface area contributed by atoms with Gasteiger partial charge in [0, 0.05) is 40.1 Å². The lowest BCUT2D eigenvalue weighted by atomic mass is 10.1. The Bertz CT molecular complexity index is 1550. The third-order valence-corrected chi connectivity index (χ3v) is 5.42. The van der Waals surface area contributed by atoms with E-state index in [0.717, 1.165) is 44.0 Å². The van der Waals surface area contributed by atoms with Crippen molar-refractivity contribution in [3.63, 3.8) is 0 Å². The van der Waals surface area contributed by atoms with Crippen LogP contribution in [-0.4, -0.2) is 9.97 Å². The zero-order valence-corrected chi connectivity index (χ0v) is 15.8. The molecule has 4 aromatic heterocycles. The van der Waals surface area contributed by atoms with Crippen LogP contribution in [0.2, 0.25) is 10.3 Å². The first kappa shape index (κ1) is 15.9. The maximum absolute atomic E-state index is 6.51. The van der Waals surface area contributed by atoms with Crippen LogP contribution in [0.1, 0.15) is 0 Å². The minimum atomic E-state index is 0.399. The molecule has 0 unspecified atom stereocenters. The van der Waals surface area contributed by atoms with E-state index in [-0.39, 0.29) is 0 Å². The maximum Gasteiger partial charge on any atom is 0.141 e. The average molecular weight is 405 g/mol. The van der Waals surface area contributed by atoms with Crippen molar-refractivity contribution in [3.8, 4) is 11.3 Å². The van der Waals surface area contributed by atoms with Crippen LogP contribution >= 0.6 is 23.2 Å². The molecule has 0 aliphatic rings. The number of nitrogens with zero attached hydrogens (tertiary/aromatic N) is 2. The Morgan fingerprint density at radius 1 is 0.714 bits per heavy atom. The first-order chi connectivity index (χ1) is 13.7. The lowest BCUT2D eigenvalue weighted by molar-refractivity contribution is 0.667. The van der Waals surface area contributed by atoms with Crippen LogP contribution < -0.4 is 0 Å². The summed E-state index contributed by atoms with van der Waals surface area (Å²) in [5, 5.41) is 4.49. The molecule has 0 aliphatic heterocycles. The Labute approximate surface area is 168 Å². The van der Waals surface area contributed by atoms with Gasteiger partial charge in [0.1, 0.15) is 32.6 Å². The molecule has 0 bridgehead atoms. The predicted octanol–water partition coefficient (Wildman–Crippen LogP) is 7.25. The molecule has 0 saturated heterocycles. The summed E-state index contributed by atoms with van der Waals surface area (Å²) in [7, 11) is 0. The zero-order valence-electron chi connectivity index (χ0n) is 14.2. The molecule has 6 rings (SSSR count). The molecule has 6 heteroatoms. The molecule has 4 heterocycles. The summed E-state index contributed by atoms with van der Waals surface area (Å²) < 4.78 is 11.9. The summed E-state index contributed by atoms with van der Waals surface area (Å²) >= 11 is 12.5. The van der Waals surface area contributed by atoms with Crippen molar-refractivity contribution in [1.29, 1.82) is 0 Å². The second kappa shape index (κ2) is 5.71. The van der Waals surface area contributed by atoms with Crippen molar-refractivity contribution >= 4 is 67.1 Å². The fourth-order valence-corrected chi connectivity index (χ4v) is 4.09. The van der Waals surface area contributed by atoms with Gasteiger partial charge in [0.15, 0.2) is 0 Å². The quantitative estimate of drug-likeness (QED) is 0.270. The SMILES string of the molecule is Clc1cc2oc3cc(-c4cc5oc6ccccc6c5c(Cl)n4)ccc3c2cn1. The topological polar surface area (TPSA) is 52.1 Å². The van der Waals surface area contributed by atoms with Crippen LogP contribution in [0.25, 0.3) is 55.1 Å². The van der Waals surface area contributed by atoms with E-state index in [1.54, 1.807) is 12.3 Å². The fraction of sp³-hybridized carbons (Fsp3) is 0. The van der Waals surface area contributed by atoms with Crippen molar-refractivity contribution in [3.05, 3.63) is 71.1 Å². The minimum absolute atomic E-state index is 0.399. The summed E-state index contributed by atoms with van der Waals surface area (Å²) in [4.78, 5) is 8.74. The number of hydrogen-bond acceptors (Lipinski definition) is 4. The largest absolute Gasteiger partial charge is 0.456 e. The molecular weight excluding hydrogens is 395 g/mol. The summed E-state index contributed by atoms with van der Waals surface area (Å²) in [6.45, 7) is 0. The van der Waals surface area contributed by atoms with Crippen molar-refractivity contribution in [2.75, 3.05) is 0 Å². The Kier molecular flexibility index (Phi) is 3.25. The molecule has 2 aromatic carbocycles. The van der Waals surface area contributed by atoms with Gasteiger partial charge in [0.25, 0.3) is 0 Å². The van der Waals surface area contributed by atoms with Crippen molar-refractivity contribution in [1.82, 2.24) is 9.97 Å². The number of furan rings is 2. The zero-order chi connectivity index (χ0) is 18.8. The molecule has 0 N–H and O–H groups in total. The first-order valence-corrected chi connectivity index (χ1v) is 9.39. The van der Waals surface area contributed by atoms with E-state index in [9.17, 15) is 0 Å². The van der Waals surface area contributed by atoms with E-state index in [4.69, 9.17) is 32.0 Å². The van der Waals surface area contributed by atoms with Gasteiger partial charge in [-0.3, -0.25) is 0 Å². The maximum atomic E-state index is 6.51. The van der Waals surface area contributed by atoms with Gasteiger partial charge >= 0.3 is 0 Å². The normalized spacial score (nSPS) is 11.9. The highest BCUT2D eigenvalue weighted by Gasteiger charge is 2.15. The van der Waals surface area contributed by atoms with Crippen molar-refractivity contribution in [2.24, 2.45) is 0 Å². The number of benzene rings is 2. The van der Waals surface area contributed by atoms with E-state index in [1.165, 1.54) is 0 Å². The van der Waals surface area contributed by atoms with Crippen LogP contribution in [0.3, 0.4) is 0 Å². The molecule has 0 fully saturated rings. The van der Waals surface area contributed by atoms with E-state index in [0.29, 0.717) is 21.5 Å². The summed E-state index contributed by atoms with van der Waals surface area (Å²) in [6, 6.07) is 17.3. The van der Waals surface area contributed by atoms with Gasteiger partial charge in [-0.1, -0.05) is 47.5 Å². The average Bonchev–Trinajstić information content (AvgIpc) is 3.24. The molecular formula is C22H10Cl2N2O2. The second-order valence-corrected chi connectivity index (χ2v) is 7.33. The van der Waals surface area contributed by atoms with E-state index < -0.39 is 0 Å². The van der Waals surface area contributed by atoms with Gasteiger partial charge in [-0.2, -0.15) is 0 Å². The molecule has 0 amide bonds. The lowest BCUT2D eigenvalue weighted by Gasteiger charge is -2.02. The molecule has 28 heavy (non-hydrogen) atoms. The van der Waals surface area contributed by atoms with E-state index >= 15 is 0 Å². The smallest absolute Gasteiger partial charge is 0.141 e. The number of pyridine rings is 2. The predicted molar refractivity (Wildman–Crippen MR) is 112 cm³/mol. The Morgan fingerprint density at radius 2 is 1.54 bits per heavy atom. The van der Waals surface area contributed by atoms with Gasteiger partial charge in [-0.15, -0.1) is 0 Å². The summed E-state index contributed by atoms with van der Waals surface area (Å²) in [5.41, 5.74) is 4.53. The molecule has 0 atom stereocenters. The van der Waals surface area contributed by atoms with Crippen molar-refractivity contribution < 1.29 is 8.83 Å². The Hall–Kier alpha value is -3.08. The van der Waals surface area contributed by atoms with Crippen molar-refractivity contribution in [2.45, 2.75) is 0 Å². The minimum Gasteiger partial charge on any atom is -0.456 e. The number of hydrogen-bond donors (Lipinski definition) is 0. The van der Waals surface area contributed by atoms with Crippen LogP contribution in [0.15, 0.2) is 69.6 Å². The number of halogens is 2. The molecule has 0 saturated carbocycles. The monoisotopic (exact) mass is 404 g/mol. The van der Waals surface area contributed by atoms with Crippen LogP contribution in [0.4, 0.5) is 0 Å². The lowest BCUT2D eigenvalue weighted by Crippen LogP contribution is -1.85. The molecule has 0 radical (unpaired) electrons. The molecule has 0 spiro atoms. The Morgan fingerprint density at radius 3 is 2.46 bits per heavy atom. The Balaban J connectivity index is 1.58. The number of fused-ring (bicyclic) bond motifs is 6. The second-order valence-electron chi connectivity index (χ2n) is 6.59. The molecule has 0 aliphatic carbocycles. The van der Waals surface area contributed by atoms with Crippen LogP contribution in [0.5, 0.6) is 0 Å². The van der Waals surface area contributed by atoms with Gasteiger partial charge in [-0.05, 0) is 18.2 Å². The molecule has 134 valence electrons. The number of aromatic nitrogens is 2. The van der Waals surface area contributed by atoms with Gasteiger partial charge < -0.3 is 8.83 Å².